The Morgan fingerprint density at radius 1 is 1.32 bits per heavy atom. The summed E-state index contributed by atoms with van der Waals surface area (Å²) in [5.41, 5.74) is 3.31. The molecule has 3 rings (SSSR count). The van der Waals surface area contributed by atoms with Crippen LogP contribution in [0, 0.1) is 18.8 Å². The standard InChI is InChI=1S/C15H17NO3/c1-9-4-2-5-10-6-3-7-16(13(9)10)14(17)11-8-12(11)15(18)19/h2,4-5,11-12H,3,6-8H2,1H3,(H,18,19). The minimum atomic E-state index is -0.847. The van der Waals surface area contributed by atoms with Gasteiger partial charge in [0, 0.05) is 12.2 Å². The van der Waals surface area contributed by atoms with Crippen LogP contribution in [0.2, 0.25) is 0 Å². The van der Waals surface area contributed by atoms with E-state index in [0.29, 0.717) is 13.0 Å². The zero-order chi connectivity index (χ0) is 13.6. The van der Waals surface area contributed by atoms with Crippen LogP contribution in [0.25, 0.3) is 0 Å². The summed E-state index contributed by atoms with van der Waals surface area (Å²) >= 11 is 0. The molecule has 1 amide bonds. The van der Waals surface area contributed by atoms with E-state index in [9.17, 15) is 9.59 Å². The van der Waals surface area contributed by atoms with Crippen molar-refractivity contribution in [1.29, 1.82) is 0 Å². The van der Waals surface area contributed by atoms with Gasteiger partial charge in [0.15, 0.2) is 0 Å². The zero-order valence-corrected chi connectivity index (χ0v) is 10.9. The number of carbonyl (C=O) groups is 2. The minimum absolute atomic E-state index is 0.0114. The van der Waals surface area contributed by atoms with E-state index >= 15 is 0 Å². The van der Waals surface area contributed by atoms with Crippen molar-refractivity contribution in [2.24, 2.45) is 11.8 Å². The first kappa shape index (κ1) is 12.2. The van der Waals surface area contributed by atoms with Gasteiger partial charge in [0.25, 0.3) is 0 Å². The molecule has 0 radical (unpaired) electrons. The first-order valence-electron chi connectivity index (χ1n) is 6.72. The molecular formula is C15H17NO3. The van der Waals surface area contributed by atoms with Gasteiger partial charge >= 0.3 is 5.97 Å². The van der Waals surface area contributed by atoms with Gasteiger partial charge in [-0.1, -0.05) is 18.2 Å². The third-order valence-electron chi connectivity index (χ3n) is 4.11. The van der Waals surface area contributed by atoms with Gasteiger partial charge in [-0.2, -0.15) is 0 Å². The molecule has 2 unspecified atom stereocenters. The molecule has 0 aromatic heterocycles. The number of benzene rings is 1. The van der Waals surface area contributed by atoms with E-state index in [1.807, 2.05) is 24.0 Å². The quantitative estimate of drug-likeness (QED) is 0.883. The third kappa shape index (κ3) is 2.01. The number of hydrogen-bond acceptors (Lipinski definition) is 2. The molecule has 1 aliphatic carbocycles. The molecule has 0 spiro atoms. The van der Waals surface area contributed by atoms with Gasteiger partial charge in [0.1, 0.15) is 0 Å². The highest BCUT2D eigenvalue weighted by Crippen LogP contribution is 2.42. The highest BCUT2D eigenvalue weighted by Gasteiger charge is 2.50. The van der Waals surface area contributed by atoms with Crippen molar-refractivity contribution in [2.45, 2.75) is 26.2 Å². The van der Waals surface area contributed by atoms with Gasteiger partial charge in [0.05, 0.1) is 11.8 Å². The van der Waals surface area contributed by atoms with Crippen molar-refractivity contribution in [3.05, 3.63) is 29.3 Å². The third-order valence-corrected chi connectivity index (χ3v) is 4.11. The minimum Gasteiger partial charge on any atom is -0.481 e. The van der Waals surface area contributed by atoms with Crippen LogP contribution in [-0.2, 0) is 16.0 Å². The van der Waals surface area contributed by atoms with Crippen molar-refractivity contribution in [3.8, 4) is 0 Å². The van der Waals surface area contributed by atoms with Gasteiger partial charge in [-0.3, -0.25) is 9.59 Å². The van der Waals surface area contributed by atoms with Crippen LogP contribution < -0.4 is 4.90 Å². The van der Waals surface area contributed by atoms with Crippen molar-refractivity contribution < 1.29 is 14.7 Å². The van der Waals surface area contributed by atoms with Crippen molar-refractivity contribution >= 4 is 17.6 Å². The molecule has 19 heavy (non-hydrogen) atoms. The number of nitrogens with zero attached hydrogens (tertiary/aromatic N) is 1. The molecule has 0 bridgehead atoms. The molecule has 1 N–H and O–H groups in total. The molecule has 1 aliphatic heterocycles. The Balaban J connectivity index is 1.88. The second-order valence-electron chi connectivity index (χ2n) is 5.46. The molecule has 1 fully saturated rings. The molecule has 100 valence electrons. The van der Waals surface area contributed by atoms with Crippen LogP contribution in [0.1, 0.15) is 24.0 Å². The number of para-hydroxylation sites is 1. The van der Waals surface area contributed by atoms with Crippen molar-refractivity contribution in [1.82, 2.24) is 0 Å². The lowest BCUT2D eigenvalue weighted by Crippen LogP contribution is -2.37. The average Bonchev–Trinajstić information content (AvgIpc) is 3.18. The van der Waals surface area contributed by atoms with E-state index in [1.165, 1.54) is 5.56 Å². The molecule has 2 atom stereocenters. The Kier molecular flexibility index (Phi) is 2.81. The fourth-order valence-corrected chi connectivity index (χ4v) is 3.01. The second kappa shape index (κ2) is 4.37. The molecule has 1 saturated carbocycles. The van der Waals surface area contributed by atoms with Crippen LogP contribution >= 0.6 is 0 Å². The topological polar surface area (TPSA) is 57.6 Å². The lowest BCUT2D eigenvalue weighted by atomic mass is 9.97. The molecule has 0 saturated heterocycles. The number of fused-ring (bicyclic) bond motifs is 1. The number of anilines is 1. The second-order valence-corrected chi connectivity index (χ2v) is 5.46. The Bertz CT molecular complexity index is 552. The van der Waals surface area contributed by atoms with Gasteiger partial charge in [-0.05, 0) is 37.3 Å². The van der Waals surface area contributed by atoms with Crippen molar-refractivity contribution in [3.63, 3.8) is 0 Å². The number of carbonyl (C=O) groups excluding carboxylic acids is 1. The Morgan fingerprint density at radius 3 is 2.79 bits per heavy atom. The maximum atomic E-state index is 12.5. The molecule has 4 heteroatoms. The van der Waals surface area contributed by atoms with E-state index in [0.717, 1.165) is 24.1 Å². The SMILES string of the molecule is Cc1cccc2c1N(C(=O)C1CC1C(=O)O)CCC2. The summed E-state index contributed by atoms with van der Waals surface area (Å²) in [6.45, 7) is 2.71. The normalized spacial score (nSPS) is 24.8. The number of hydrogen-bond donors (Lipinski definition) is 1. The fraction of sp³-hybridized carbons (Fsp3) is 0.467. The molecule has 1 aromatic carbocycles. The van der Waals surface area contributed by atoms with E-state index < -0.39 is 11.9 Å². The molecule has 1 heterocycles. The monoisotopic (exact) mass is 259 g/mol. The number of amides is 1. The van der Waals surface area contributed by atoms with Gasteiger partial charge in [0.2, 0.25) is 5.91 Å². The number of aliphatic carboxylic acids is 1. The lowest BCUT2D eigenvalue weighted by molar-refractivity contribution is -0.140. The van der Waals surface area contributed by atoms with Crippen LogP contribution in [-0.4, -0.2) is 23.5 Å². The van der Waals surface area contributed by atoms with Gasteiger partial charge in [-0.25, -0.2) is 0 Å². The van der Waals surface area contributed by atoms with Crippen LogP contribution in [0.4, 0.5) is 5.69 Å². The highest BCUT2D eigenvalue weighted by atomic mass is 16.4. The Hall–Kier alpha value is -1.84. The van der Waals surface area contributed by atoms with Crippen LogP contribution in [0.15, 0.2) is 18.2 Å². The van der Waals surface area contributed by atoms with E-state index in [1.54, 1.807) is 0 Å². The van der Waals surface area contributed by atoms with Crippen molar-refractivity contribution in [2.75, 3.05) is 11.4 Å². The number of carboxylic acid groups (broad SMARTS) is 1. The summed E-state index contributed by atoms with van der Waals surface area (Å²) in [4.78, 5) is 25.2. The van der Waals surface area contributed by atoms with E-state index in [-0.39, 0.29) is 11.8 Å². The number of carboxylic acids is 1. The average molecular weight is 259 g/mol. The largest absolute Gasteiger partial charge is 0.481 e. The van der Waals surface area contributed by atoms with Crippen LogP contribution in [0.3, 0.4) is 0 Å². The van der Waals surface area contributed by atoms with E-state index in [2.05, 4.69) is 6.07 Å². The Labute approximate surface area is 112 Å². The van der Waals surface area contributed by atoms with E-state index in [4.69, 9.17) is 5.11 Å². The maximum absolute atomic E-state index is 12.5. The summed E-state index contributed by atoms with van der Waals surface area (Å²) < 4.78 is 0. The predicted molar refractivity (Wildman–Crippen MR) is 71.1 cm³/mol. The van der Waals surface area contributed by atoms with Crippen LogP contribution in [0.5, 0.6) is 0 Å². The molecule has 2 aliphatic rings. The first-order chi connectivity index (χ1) is 9.09. The summed E-state index contributed by atoms with van der Waals surface area (Å²) in [7, 11) is 0. The van der Waals surface area contributed by atoms with Gasteiger partial charge < -0.3 is 10.0 Å². The molecule has 1 aromatic rings. The maximum Gasteiger partial charge on any atom is 0.307 e. The molecular weight excluding hydrogens is 242 g/mol. The lowest BCUT2D eigenvalue weighted by Gasteiger charge is -2.31. The molecule has 4 nitrogen and oxygen atoms in total. The van der Waals surface area contributed by atoms with Gasteiger partial charge in [-0.15, -0.1) is 0 Å². The fourth-order valence-electron chi connectivity index (χ4n) is 3.01. The first-order valence-corrected chi connectivity index (χ1v) is 6.72. The summed E-state index contributed by atoms with van der Waals surface area (Å²) in [6, 6.07) is 6.08. The number of rotatable bonds is 2. The summed E-state index contributed by atoms with van der Waals surface area (Å²) in [5.74, 6) is -1.65. The summed E-state index contributed by atoms with van der Waals surface area (Å²) in [6.07, 6.45) is 2.44. The number of aryl methyl sites for hydroxylation is 2. The highest BCUT2D eigenvalue weighted by molar-refractivity contribution is 6.01. The zero-order valence-electron chi connectivity index (χ0n) is 10.9. The summed E-state index contributed by atoms with van der Waals surface area (Å²) in [5, 5.41) is 8.95. The Morgan fingerprint density at radius 2 is 2.11 bits per heavy atom. The predicted octanol–water partition coefficient (Wildman–Crippen LogP) is 1.99. The smallest absolute Gasteiger partial charge is 0.307 e.